The van der Waals surface area contributed by atoms with Gasteiger partial charge in [-0.2, -0.15) is 0 Å². The first kappa shape index (κ1) is 21.0. The number of ether oxygens (including phenoxy) is 2. The fourth-order valence-corrected chi connectivity index (χ4v) is 5.00. The highest BCUT2D eigenvalue weighted by Gasteiger charge is 2.40. The Bertz CT molecular complexity index is 1620. The zero-order valence-corrected chi connectivity index (χ0v) is 19.9. The number of aromatic nitrogens is 6. The van der Waals surface area contributed by atoms with Crippen molar-refractivity contribution in [3.63, 3.8) is 0 Å². The molecule has 2 atom stereocenters. The van der Waals surface area contributed by atoms with Crippen LogP contribution in [0.15, 0.2) is 55.2 Å². The summed E-state index contributed by atoms with van der Waals surface area (Å²) < 4.78 is 13.9. The van der Waals surface area contributed by atoms with Gasteiger partial charge in [-0.3, -0.25) is 0 Å². The maximum absolute atomic E-state index is 6.16. The summed E-state index contributed by atoms with van der Waals surface area (Å²) in [5.41, 5.74) is 5.22. The monoisotopic (exact) mass is 480 g/mol. The number of hydrogen-bond acceptors (Lipinski definition) is 9. The molecule has 5 aromatic rings. The summed E-state index contributed by atoms with van der Waals surface area (Å²) in [7, 11) is 1.98. The van der Waals surface area contributed by atoms with Gasteiger partial charge in [0.25, 0.3) is 0 Å². The van der Waals surface area contributed by atoms with Gasteiger partial charge in [0.1, 0.15) is 28.9 Å². The van der Waals surface area contributed by atoms with Gasteiger partial charge >= 0.3 is 0 Å². The highest BCUT2D eigenvalue weighted by molar-refractivity contribution is 5.87. The number of hydrogen-bond donors (Lipinski definition) is 1. The molecule has 0 amide bonds. The van der Waals surface area contributed by atoms with E-state index >= 15 is 0 Å². The smallest absolute Gasteiger partial charge is 0.226 e. The van der Waals surface area contributed by atoms with Gasteiger partial charge in [-0.05, 0) is 49.2 Å². The van der Waals surface area contributed by atoms with Gasteiger partial charge in [-0.15, -0.1) is 0 Å². The Balaban J connectivity index is 1.15. The lowest BCUT2D eigenvalue weighted by Crippen LogP contribution is -2.38. The molecular weight excluding hydrogens is 456 g/mol. The van der Waals surface area contributed by atoms with Gasteiger partial charge in [0.05, 0.1) is 42.3 Å². The van der Waals surface area contributed by atoms with Gasteiger partial charge in [-0.25, -0.2) is 24.9 Å². The van der Waals surface area contributed by atoms with Crippen molar-refractivity contribution in [2.75, 3.05) is 23.4 Å². The molecule has 2 aliphatic heterocycles. The third-order valence-corrected chi connectivity index (χ3v) is 6.88. The van der Waals surface area contributed by atoms with Crippen LogP contribution in [0, 0.1) is 6.92 Å². The summed E-state index contributed by atoms with van der Waals surface area (Å²) >= 11 is 0. The molecule has 2 bridgehead atoms. The average molecular weight is 481 g/mol. The predicted octanol–water partition coefficient (Wildman–Crippen LogP) is 4.13. The van der Waals surface area contributed by atoms with Crippen molar-refractivity contribution in [1.82, 2.24) is 29.5 Å². The van der Waals surface area contributed by atoms with Crippen molar-refractivity contribution in [2.24, 2.45) is 7.05 Å². The molecule has 5 heterocycles. The van der Waals surface area contributed by atoms with E-state index in [0.717, 1.165) is 53.4 Å². The second-order valence-corrected chi connectivity index (χ2v) is 9.34. The second kappa shape index (κ2) is 8.13. The summed E-state index contributed by atoms with van der Waals surface area (Å²) in [6, 6.07) is 12.2. The van der Waals surface area contributed by atoms with Crippen LogP contribution in [0.3, 0.4) is 0 Å². The molecule has 0 radical (unpaired) electrons. The first-order valence-corrected chi connectivity index (χ1v) is 11.9. The van der Waals surface area contributed by atoms with Crippen LogP contribution in [0.4, 0.5) is 17.5 Å². The highest BCUT2D eigenvalue weighted by atomic mass is 16.5. The predicted molar refractivity (Wildman–Crippen MR) is 136 cm³/mol. The zero-order valence-electron chi connectivity index (χ0n) is 19.9. The van der Waals surface area contributed by atoms with E-state index in [1.54, 1.807) is 12.5 Å². The number of morpholine rings is 1. The lowest BCUT2D eigenvalue weighted by Gasteiger charge is -2.26. The quantitative estimate of drug-likeness (QED) is 0.398. The van der Waals surface area contributed by atoms with Crippen molar-refractivity contribution in [3.8, 4) is 11.5 Å². The maximum Gasteiger partial charge on any atom is 0.226 e. The molecule has 0 unspecified atom stereocenters. The number of nitrogens with zero attached hydrogens (tertiary/aromatic N) is 7. The molecule has 2 fully saturated rings. The van der Waals surface area contributed by atoms with Gasteiger partial charge in [0.2, 0.25) is 5.95 Å². The largest absolute Gasteiger partial charge is 0.457 e. The molecule has 3 aromatic heterocycles. The lowest BCUT2D eigenvalue weighted by molar-refractivity contribution is 0.0986. The van der Waals surface area contributed by atoms with E-state index in [0.29, 0.717) is 28.8 Å². The fraction of sp³-hybridized carbons (Fsp3) is 0.269. The Morgan fingerprint density at radius 1 is 1.06 bits per heavy atom. The molecule has 2 saturated heterocycles. The van der Waals surface area contributed by atoms with Crippen LogP contribution in [0.25, 0.3) is 22.1 Å². The summed E-state index contributed by atoms with van der Waals surface area (Å²) in [5.74, 6) is 2.86. The van der Waals surface area contributed by atoms with Crippen LogP contribution in [-0.2, 0) is 11.8 Å². The molecule has 10 heteroatoms. The van der Waals surface area contributed by atoms with Gasteiger partial charge in [0, 0.05) is 25.3 Å². The van der Waals surface area contributed by atoms with Crippen molar-refractivity contribution in [3.05, 3.63) is 60.8 Å². The molecular formula is C26H24N8O2. The standard InChI is InChI=1S/C26H24N8O2/c1-15-7-16(3-6-23(15)36-18-4-5-22-20(9-18)30-14-33(22)2)31-25-24-21(28-13-29-25)10-27-26(32-24)34-11-19-8-17(34)12-35-19/h3-7,9-10,13-14,17,19H,8,11-12H2,1-2H3,(H,28,29,31)/t17-,19-/m1/s1. The minimum Gasteiger partial charge on any atom is -0.457 e. The van der Waals surface area contributed by atoms with Gasteiger partial charge in [0.15, 0.2) is 5.82 Å². The Hall–Kier alpha value is -4.31. The van der Waals surface area contributed by atoms with E-state index in [9.17, 15) is 0 Å². The first-order chi connectivity index (χ1) is 17.6. The zero-order chi connectivity index (χ0) is 24.2. The average Bonchev–Trinajstić information content (AvgIpc) is 3.62. The number of nitrogens with one attached hydrogen (secondary N) is 1. The number of benzene rings is 2. The maximum atomic E-state index is 6.16. The number of aryl methyl sites for hydroxylation is 2. The van der Waals surface area contributed by atoms with Crippen LogP contribution in [0.2, 0.25) is 0 Å². The first-order valence-electron chi connectivity index (χ1n) is 11.9. The van der Waals surface area contributed by atoms with Crippen LogP contribution < -0.4 is 15.0 Å². The molecule has 10 nitrogen and oxygen atoms in total. The molecule has 7 rings (SSSR count). The molecule has 180 valence electrons. The van der Waals surface area contributed by atoms with Crippen LogP contribution >= 0.6 is 0 Å². The molecule has 2 aliphatic rings. The Morgan fingerprint density at radius 2 is 2.00 bits per heavy atom. The van der Waals surface area contributed by atoms with E-state index in [-0.39, 0.29) is 6.10 Å². The molecule has 0 spiro atoms. The molecule has 0 aliphatic carbocycles. The van der Waals surface area contributed by atoms with Crippen LogP contribution in [-0.4, -0.2) is 54.8 Å². The van der Waals surface area contributed by atoms with E-state index in [4.69, 9.17) is 14.5 Å². The number of fused-ring (bicyclic) bond motifs is 4. The SMILES string of the molecule is Cc1cc(Nc2ncnc3cnc(N4C[C@H]5C[C@@H]4CO5)nc23)ccc1Oc1ccc2c(c1)ncn2C. The number of anilines is 3. The Labute approximate surface area is 207 Å². The normalized spacial score (nSPS) is 18.9. The summed E-state index contributed by atoms with van der Waals surface area (Å²) in [5, 5.41) is 3.40. The molecule has 2 aromatic carbocycles. The van der Waals surface area contributed by atoms with E-state index in [2.05, 4.69) is 30.2 Å². The minimum atomic E-state index is 0.272. The summed E-state index contributed by atoms with van der Waals surface area (Å²) in [6.45, 7) is 3.56. The molecule has 36 heavy (non-hydrogen) atoms. The van der Waals surface area contributed by atoms with Crippen molar-refractivity contribution in [1.29, 1.82) is 0 Å². The fourth-order valence-electron chi connectivity index (χ4n) is 5.00. The van der Waals surface area contributed by atoms with Crippen molar-refractivity contribution >= 4 is 39.5 Å². The van der Waals surface area contributed by atoms with Crippen molar-refractivity contribution < 1.29 is 9.47 Å². The van der Waals surface area contributed by atoms with Crippen LogP contribution in [0.1, 0.15) is 12.0 Å². The topological polar surface area (TPSA) is 103 Å². The molecule has 0 saturated carbocycles. The lowest BCUT2D eigenvalue weighted by atomic mass is 10.2. The van der Waals surface area contributed by atoms with Gasteiger partial charge < -0.3 is 24.3 Å². The van der Waals surface area contributed by atoms with E-state index in [1.165, 1.54) is 6.33 Å². The summed E-state index contributed by atoms with van der Waals surface area (Å²) in [4.78, 5) is 24.9. The Morgan fingerprint density at radius 3 is 2.83 bits per heavy atom. The second-order valence-electron chi connectivity index (χ2n) is 9.34. The van der Waals surface area contributed by atoms with E-state index in [1.807, 2.05) is 54.9 Å². The third-order valence-electron chi connectivity index (χ3n) is 6.88. The number of imidazole rings is 1. The van der Waals surface area contributed by atoms with Crippen molar-refractivity contribution in [2.45, 2.75) is 25.5 Å². The third kappa shape index (κ3) is 3.57. The number of rotatable bonds is 5. The molecule has 1 N–H and O–H groups in total. The van der Waals surface area contributed by atoms with E-state index < -0.39 is 0 Å². The van der Waals surface area contributed by atoms with Gasteiger partial charge in [-0.1, -0.05) is 0 Å². The highest BCUT2D eigenvalue weighted by Crippen LogP contribution is 2.33. The van der Waals surface area contributed by atoms with Crippen LogP contribution in [0.5, 0.6) is 11.5 Å². The summed E-state index contributed by atoms with van der Waals surface area (Å²) in [6.07, 6.45) is 6.39. The minimum absolute atomic E-state index is 0.272. The Kier molecular flexibility index (Phi) is 4.74.